The minimum absolute atomic E-state index is 0.0273. The third kappa shape index (κ3) is 4.41. The molecular weight excluding hydrogens is 334 g/mol. The molecule has 0 spiro atoms. The van der Waals surface area contributed by atoms with Crippen molar-refractivity contribution in [3.63, 3.8) is 0 Å². The van der Waals surface area contributed by atoms with Crippen LogP contribution in [0.4, 0.5) is 10.2 Å². The van der Waals surface area contributed by atoms with Crippen LogP contribution in [0.5, 0.6) is 0 Å². The Morgan fingerprint density at radius 1 is 1.23 bits per heavy atom. The Hall–Kier alpha value is -2.18. The molecule has 1 heterocycles. The van der Waals surface area contributed by atoms with Gasteiger partial charge in [0, 0.05) is 6.20 Å². The number of ether oxygens (including phenoxy) is 1. The highest BCUT2D eigenvalue weighted by molar-refractivity contribution is 6.33. The van der Waals surface area contributed by atoms with E-state index in [1.807, 2.05) is 0 Å². The lowest BCUT2D eigenvalue weighted by molar-refractivity contribution is -0.119. The summed E-state index contributed by atoms with van der Waals surface area (Å²) < 4.78 is 17.7. The number of hydrogen-bond donors (Lipinski definition) is 1. The molecule has 0 radical (unpaired) electrons. The maximum Gasteiger partial charge on any atom is 0.340 e. The van der Waals surface area contributed by atoms with E-state index in [0.717, 1.165) is 12.1 Å². The van der Waals surface area contributed by atoms with Crippen LogP contribution in [0.1, 0.15) is 10.4 Å². The fraction of sp³-hybridized carbons (Fsp3) is 0.0714. The Bertz CT molecular complexity index is 708. The normalized spacial score (nSPS) is 10.1. The highest BCUT2D eigenvalue weighted by Gasteiger charge is 2.14. The summed E-state index contributed by atoms with van der Waals surface area (Å²) >= 11 is 11.4. The summed E-state index contributed by atoms with van der Waals surface area (Å²) in [7, 11) is 0. The quantitative estimate of drug-likeness (QED) is 0.865. The van der Waals surface area contributed by atoms with Crippen LogP contribution in [-0.2, 0) is 9.53 Å². The molecule has 0 saturated carbocycles. The van der Waals surface area contributed by atoms with Gasteiger partial charge >= 0.3 is 5.97 Å². The van der Waals surface area contributed by atoms with Gasteiger partial charge in [0.15, 0.2) is 6.61 Å². The summed E-state index contributed by atoms with van der Waals surface area (Å²) in [6.45, 7) is -0.531. The van der Waals surface area contributed by atoms with E-state index in [1.165, 1.54) is 18.3 Å². The molecule has 0 aliphatic heterocycles. The second-order valence-electron chi connectivity index (χ2n) is 4.11. The zero-order valence-corrected chi connectivity index (χ0v) is 12.5. The molecule has 0 saturated heterocycles. The van der Waals surface area contributed by atoms with E-state index in [2.05, 4.69) is 10.3 Å². The van der Waals surface area contributed by atoms with Gasteiger partial charge in [0.1, 0.15) is 11.6 Å². The zero-order chi connectivity index (χ0) is 16.1. The number of anilines is 1. The van der Waals surface area contributed by atoms with Crippen LogP contribution < -0.4 is 5.32 Å². The summed E-state index contributed by atoms with van der Waals surface area (Å²) in [4.78, 5) is 27.2. The SMILES string of the molecule is O=C(COC(=O)c1ccc(F)cc1Cl)Nc1ccc(Cl)cn1. The average molecular weight is 343 g/mol. The van der Waals surface area contributed by atoms with Gasteiger partial charge in [0.2, 0.25) is 0 Å². The maximum absolute atomic E-state index is 12.9. The second kappa shape index (κ2) is 7.20. The molecule has 0 bridgehead atoms. The number of nitrogens with one attached hydrogen (secondary N) is 1. The molecule has 2 rings (SSSR count). The molecule has 0 aliphatic carbocycles. The third-order valence-electron chi connectivity index (χ3n) is 2.48. The molecule has 1 aromatic heterocycles. The van der Waals surface area contributed by atoms with Gasteiger partial charge in [-0.1, -0.05) is 23.2 Å². The number of amides is 1. The van der Waals surface area contributed by atoms with E-state index in [4.69, 9.17) is 27.9 Å². The number of aromatic nitrogens is 1. The molecule has 1 amide bonds. The average Bonchev–Trinajstić information content (AvgIpc) is 2.47. The van der Waals surface area contributed by atoms with Crippen LogP contribution >= 0.6 is 23.2 Å². The van der Waals surface area contributed by atoms with E-state index >= 15 is 0 Å². The van der Waals surface area contributed by atoms with E-state index in [9.17, 15) is 14.0 Å². The van der Waals surface area contributed by atoms with Crippen molar-refractivity contribution in [3.05, 3.63) is 58.0 Å². The summed E-state index contributed by atoms with van der Waals surface area (Å²) in [5, 5.41) is 2.75. The van der Waals surface area contributed by atoms with Crippen LogP contribution in [0.15, 0.2) is 36.5 Å². The van der Waals surface area contributed by atoms with Gasteiger partial charge < -0.3 is 10.1 Å². The number of pyridine rings is 1. The molecule has 0 unspecified atom stereocenters. The molecule has 8 heteroatoms. The number of benzene rings is 1. The van der Waals surface area contributed by atoms with Crippen molar-refractivity contribution in [1.82, 2.24) is 4.98 Å². The summed E-state index contributed by atoms with van der Waals surface area (Å²) in [5.41, 5.74) is -0.0273. The standard InChI is InChI=1S/C14H9Cl2FN2O3/c15-8-1-4-12(18-6-8)19-13(20)7-22-14(21)10-3-2-9(17)5-11(10)16/h1-6H,7H2,(H,18,19,20). The van der Waals surface area contributed by atoms with Crippen LogP contribution in [-0.4, -0.2) is 23.5 Å². The zero-order valence-electron chi connectivity index (χ0n) is 11.0. The molecule has 0 aliphatic rings. The molecule has 5 nitrogen and oxygen atoms in total. The Balaban J connectivity index is 1.90. The van der Waals surface area contributed by atoms with Gasteiger partial charge in [0.25, 0.3) is 5.91 Å². The van der Waals surface area contributed by atoms with Crippen molar-refractivity contribution in [2.24, 2.45) is 0 Å². The van der Waals surface area contributed by atoms with Gasteiger partial charge in [-0.25, -0.2) is 14.2 Å². The Labute approximate surface area is 135 Å². The smallest absolute Gasteiger partial charge is 0.340 e. The molecule has 114 valence electrons. The second-order valence-corrected chi connectivity index (χ2v) is 4.95. The van der Waals surface area contributed by atoms with E-state index < -0.39 is 24.3 Å². The number of esters is 1. The largest absolute Gasteiger partial charge is 0.452 e. The van der Waals surface area contributed by atoms with Crippen LogP contribution in [0.2, 0.25) is 10.0 Å². The van der Waals surface area contributed by atoms with Gasteiger partial charge in [0.05, 0.1) is 15.6 Å². The van der Waals surface area contributed by atoms with E-state index in [-0.39, 0.29) is 16.4 Å². The van der Waals surface area contributed by atoms with Gasteiger partial charge in [-0.15, -0.1) is 0 Å². The van der Waals surface area contributed by atoms with Crippen molar-refractivity contribution >= 4 is 40.9 Å². The predicted octanol–water partition coefficient (Wildman–Crippen LogP) is 3.32. The van der Waals surface area contributed by atoms with Crippen molar-refractivity contribution in [2.45, 2.75) is 0 Å². The fourth-order valence-corrected chi connectivity index (χ4v) is 1.85. The predicted molar refractivity (Wildman–Crippen MR) is 79.6 cm³/mol. The number of nitrogens with zero attached hydrogens (tertiary/aromatic N) is 1. The minimum atomic E-state index is -0.829. The third-order valence-corrected chi connectivity index (χ3v) is 3.02. The number of carbonyl (C=O) groups is 2. The monoisotopic (exact) mass is 342 g/mol. The van der Waals surface area contributed by atoms with Crippen LogP contribution in [0, 0.1) is 5.82 Å². The molecule has 22 heavy (non-hydrogen) atoms. The van der Waals surface area contributed by atoms with E-state index in [1.54, 1.807) is 6.07 Å². The molecule has 0 atom stereocenters. The first-order valence-electron chi connectivity index (χ1n) is 5.99. The molecule has 2 aromatic rings. The topological polar surface area (TPSA) is 68.3 Å². The number of hydrogen-bond acceptors (Lipinski definition) is 4. The number of carbonyl (C=O) groups excluding carboxylic acids is 2. The minimum Gasteiger partial charge on any atom is -0.452 e. The summed E-state index contributed by atoms with van der Waals surface area (Å²) in [6, 6.07) is 6.28. The molecule has 1 N–H and O–H groups in total. The van der Waals surface area contributed by atoms with Gasteiger partial charge in [-0.2, -0.15) is 0 Å². The summed E-state index contributed by atoms with van der Waals surface area (Å²) in [5.74, 6) is -1.72. The van der Waals surface area contributed by atoms with Crippen LogP contribution in [0.3, 0.4) is 0 Å². The Morgan fingerprint density at radius 3 is 2.64 bits per heavy atom. The van der Waals surface area contributed by atoms with Crippen molar-refractivity contribution in [3.8, 4) is 0 Å². The lowest BCUT2D eigenvalue weighted by Crippen LogP contribution is -2.21. The lowest BCUT2D eigenvalue weighted by Gasteiger charge is -2.07. The van der Waals surface area contributed by atoms with Crippen LogP contribution in [0.25, 0.3) is 0 Å². The number of halogens is 3. The van der Waals surface area contributed by atoms with Crippen molar-refractivity contribution in [2.75, 3.05) is 11.9 Å². The number of rotatable bonds is 4. The first-order chi connectivity index (χ1) is 10.5. The van der Waals surface area contributed by atoms with Crippen molar-refractivity contribution in [1.29, 1.82) is 0 Å². The first kappa shape index (κ1) is 16.2. The summed E-state index contributed by atoms with van der Waals surface area (Å²) in [6.07, 6.45) is 1.36. The Morgan fingerprint density at radius 2 is 2.00 bits per heavy atom. The van der Waals surface area contributed by atoms with Gasteiger partial charge in [-0.05, 0) is 30.3 Å². The first-order valence-corrected chi connectivity index (χ1v) is 6.75. The van der Waals surface area contributed by atoms with Gasteiger partial charge in [-0.3, -0.25) is 4.79 Å². The molecular formula is C14H9Cl2FN2O3. The van der Waals surface area contributed by atoms with Crippen molar-refractivity contribution < 1.29 is 18.7 Å². The highest BCUT2D eigenvalue weighted by Crippen LogP contribution is 2.18. The highest BCUT2D eigenvalue weighted by atomic mass is 35.5. The lowest BCUT2D eigenvalue weighted by atomic mass is 10.2. The fourth-order valence-electron chi connectivity index (χ4n) is 1.49. The Kier molecular flexibility index (Phi) is 5.30. The van der Waals surface area contributed by atoms with E-state index in [0.29, 0.717) is 5.02 Å². The molecule has 0 fully saturated rings. The maximum atomic E-state index is 12.9. The molecule has 1 aromatic carbocycles.